The maximum Gasteiger partial charge on any atom is 0.158 e. The largest absolute Gasteiger partial charge is 0.324 e. The Kier molecular flexibility index (Phi) is 3.13. The normalized spacial score (nSPS) is 10.8. The smallest absolute Gasteiger partial charge is 0.158 e. The molecule has 0 spiro atoms. The zero-order chi connectivity index (χ0) is 13.2. The zero-order valence-electron chi connectivity index (χ0n) is 10.9. The lowest BCUT2D eigenvalue weighted by molar-refractivity contribution is 0.808. The number of thiazole rings is 1. The van der Waals surface area contributed by atoms with Gasteiger partial charge < -0.3 is 4.57 Å². The highest BCUT2D eigenvalue weighted by Gasteiger charge is 2.10. The minimum Gasteiger partial charge on any atom is -0.324 e. The number of hydrogen-bond donors (Lipinski definition) is 0. The molecule has 96 valence electrons. The van der Waals surface area contributed by atoms with E-state index < -0.39 is 0 Å². The van der Waals surface area contributed by atoms with Crippen LogP contribution in [-0.4, -0.2) is 19.5 Å². The monoisotopic (exact) mass is 270 g/mol. The van der Waals surface area contributed by atoms with Crippen LogP contribution in [0.2, 0.25) is 0 Å². The Bertz CT molecular complexity index is 685. The fourth-order valence-electron chi connectivity index (χ4n) is 2.04. The maximum atomic E-state index is 4.46. The van der Waals surface area contributed by atoms with Gasteiger partial charge in [-0.15, -0.1) is 11.3 Å². The van der Waals surface area contributed by atoms with Crippen LogP contribution in [0.25, 0.3) is 11.5 Å². The first-order chi connectivity index (χ1) is 9.24. The molecule has 0 radical (unpaired) electrons. The fourth-order valence-corrected chi connectivity index (χ4v) is 2.98. The number of imidazole rings is 1. The van der Waals surface area contributed by atoms with E-state index in [1.807, 2.05) is 37.5 Å². The van der Waals surface area contributed by atoms with E-state index in [2.05, 4.69) is 26.4 Å². The molecule has 3 heterocycles. The van der Waals surface area contributed by atoms with Gasteiger partial charge in [0.2, 0.25) is 0 Å². The van der Waals surface area contributed by atoms with Crippen molar-refractivity contribution in [2.24, 2.45) is 0 Å². The molecule has 0 amide bonds. The lowest BCUT2D eigenvalue weighted by atomic mass is 10.3. The molecule has 0 aliphatic carbocycles. The van der Waals surface area contributed by atoms with E-state index in [0.717, 1.165) is 28.8 Å². The average molecular weight is 270 g/mol. The number of aromatic nitrogens is 4. The van der Waals surface area contributed by atoms with Gasteiger partial charge in [0, 0.05) is 23.5 Å². The minimum atomic E-state index is 0.795. The number of rotatable bonds is 3. The van der Waals surface area contributed by atoms with Gasteiger partial charge in [-0.2, -0.15) is 0 Å². The fraction of sp³-hybridized carbons (Fsp3) is 0.214. The van der Waals surface area contributed by atoms with Crippen molar-refractivity contribution in [3.63, 3.8) is 0 Å². The molecule has 0 fully saturated rings. The van der Waals surface area contributed by atoms with Crippen LogP contribution in [0.1, 0.15) is 15.6 Å². The second kappa shape index (κ2) is 4.93. The molecule has 4 nitrogen and oxygen atoms in total. The first-order valence-electron chi connectivity index (χ1n) is 6.09. The average Bonchev–Trinajstić information content (AvgIpc) is 2.98. The molecular formula is C14H14N4S. The summed E-state index contributed by atoms with van der Waals surface area (Å²) in [6, 6.07) is 5.86. The van der Waals surface area contributed by atoms with E-state index in [9.17, 15) is 0 Å². The van der Waals surface area contributed by atoms with Crippen LogP contribution >= 0.6 is 11.3 Å². The van der Waals surface area contributed by atoms with Gasteiger partial charge >= 0.3 is 0 Å². The Morgan fingerprint density at radius 2 is 2.05 bits per heavy atom. The number of hydrogen-bond acceptors (Lipinski definition) is 4. The van der Waals surface area contributed by atoms with Crippen molar-refractivity contribution in [1.82, 2.24) is 19.5 Å². The summed E-state index contributed by atoms with van der Waals surface area (Å²) in [6.45, 7) is 4.88. The summed E-state index contributed by atoms with van der Waals surface area (Å²) in [4.78, 5) is 14.5. The van der Waals surface area contributed by atoms with E-state index in [1.54, 1.807) is 17.5 Å². The van der Waals surface area contributed by atoms with Crippen molar-refractivity contribution in [2.75, 3.05) is 0 Å². The Morgan fingerprint density at radius 1 is 1.16 bits per heavy atom. The first kappa shape index (κ1) is 12.0. The van der Waals surface area contributed by atoms with Crippen LogP contribution in [0.5, 0.6) is 0 Å². The van der Waals surface area contributed by atoms with Crippen LogP contribution in [0.3, 0.4) is 0 Å². The van der Waals surface area contributed by atoms with Crippen LogP contribution in [0.15, 0.2) is 36.8 Å². The highest BCUT2D eigenvalue weighted by atomic mass is 32.1. The molecule has 19 heavy (non-hydrogen) atoms. The molecule has 5 heteroatoms. The molecule has 3 aromatic rings. The summed E-state index contributed by atoms with van der Waals surface area (Å²) in [5.41, 5.74) is 1.99. The minimum absolute atomic E-state index is 0.795. The Balaban J connectivity index is 1.95. The number of pyridine rings is 1. The highest BCUT2D eigenvalue weighted by Crippen LogP contribution is 2.21. The number of nitrogens with zero attached hydrogens (tertiary/aromatic N) is 4. The van der Waals surface area contributed by atoms with Crippen LogP contribution in [0, 0.1) is 13.8 Å². The van der Waals surface area contributed by atoms with Gasteiger partial charge in [-0.1, -0.05) is 6.07 Å². The third-order valence-corrected chi connectivity index (χ3v) is 3.98. The summed E-state index contributed by atoms with van der Waals surface area (Å²) in [5.74, 6) is 0.894. The Labute approximate surface area is 115 Å². The van der Waals surface area contributed by atoms with E-state index in [4.69, 9.17) is 0 Å². The van der Waals surface area contributed by atoms with Gasteiger partial charge in [0.15, 0.2) is 5.82 Å². The third-order valence-electron chi connectivity index (χ3n) is 2.92. The highest BCUT2D eigenvalue weighted by molar-refractivity contribution is 7.11. The second-order valence-electron chi connectivity index (χ2n) is 4.34. The quantitative estimate of drug-likeness (QED) is 0.734. The second-order valence-corrected chi connectivity index (χ2v) is 5.62. The van der Waals surface area contributed by atoms with Crippen molar-refractivity contribution >= 4 is 11.3 Å². The van der Waals surface area contributed by atoms with Gasteiger partial charge in [0.05, 0.1) is 17.2 Å². The molecule has 0 atom stereocenters. The van der Waals surface area contributed by atoms with Gasteiger partial charge in [-0.3, -0.25) is 4.98 Å². The molecule has 0 N–H and O–H groups in total. The summed E-state index contributed by atoms with van der Waals surface area (Å²) < 4.78 is 2.11. The predicted octanol–water partition coefficient (Wildman–Crippen LogP) is 3.07. The predicted molar refractivity (Wildman–Crippen MR) is 76.1 cm³/mol. The first-order valence-corrected chi connectivity index (χ1v) is 6.91. The molecule has 3 aromatic heterocycles. The van der Waals surface area contributed by atoms with E-state index in [0.29, 0.717) is 0 Å². The molecule has 0 saturated heterocycles. The molecule has 0 bridgehead atoms. The molecule has 3 rings (SSSR count). The van der Waals surface area contributed by atoms with E-state index in [1.165, 1.54) is 4.88 Å². The van der Waals surface area contributed by atoms with Crippen LogP contribution in [0.4, 0.5) is 0 Å². The SMILES string of the molecule is Cc1nc(C)c(Cn2ccnc2-c2ccccn2)s1. The molecule has 0 unspecified atom stereocenters. The summed E-state index contributed by atoms with van der Waals surface area (Å²) >= 11 is 1.74. The van der Waals surface area contributed by atoms with Crippen molar-refractivity contribution in [3.8, 4) is 11.5 Å². The standard InChI is InChI=1S/C14H14N4S/c1-10-13(19-11(2)17-10)9-18-8-7-16-14(18)12-5-3-4-6-15-12/h3-8H,9H2,1-2H3. The van der Waals surface area contributed by atoms with Crippen LogP contribution < -0.4 is 0 Å². The Hall–Kier alpha value is -2.01. The number of aryl methyl sites for hydroxylation is 2. The molecule has 0 aliphatic rings. The van der Waals surface area contributed by atoms with Gasteiger partial charge in [0.1, 0.15) is 5.69 Å². The van der Waals surface area contributed by atoms with E-state index >= 15 is 0 Å². The Morgan fingerprint density at radius 3 is 2.74 bits per heavy atom. The van der Waals surface area contributed by atoms with Crippen LogP contribution in [-0.2, 0) is 6.54 Å². The molecule has 0 aromatic carbocycles. The topological polar surface area (TPSA) is 43.6 Å². The summed E-state index contributed by atoms with van der Waals surface area (Å²) in [7, 11) is 0. The lowest BCUT2D eigenvalue weighted by Gasteiger charge is -2.06. The van der Waals surface area contributed by atoms with Crippen molar-refractivity contribution in [1.29, 1.82) is 0 Å². The summed E-state index contributed by atoms with van der Waals surface area (Å²) in [5, 5.41) is 1.10. The third kappa shape index (κ3) is 2.42. The maximum absolute atomic E-state index is 4.46. The lowest BCUT2D eigenvalue weighted by Crippen LogP contribution is -2.01. The van der Waals surface area contributed by atoms with Gasteiger partial charge in [0.25, 0.3) is 0 Å². The van der Waals surface area contributed by atoms with Crippen molar-refractivity contribution < 1.29 is 0 Å². The molecular weight excluding hydrogens is 256 g/mol. The molecule has 0 aliphatic heterocycles. The van der Waals surface area contributed by atoms with E-state index in [-0.39, 0.29) is 0 Å². The van der Waals surface area contributed by atoms with Gasteiger partial charge in [-0.25, -0.2) is 9.97 Å². The molecule has 0 saturated carbocycles. The summed E-state index contributed by atoms with van der Waals surface area (Å²) in [6.07, 6.45) is 5.59. The van der Waals surface area contributed by atoms with Crippen molar-refractivity contribution in [3.05, 3.63) is 52.4 Å². The van der Waals surface area contributed by atoms with Crippen molar-refractivity contribution in [2.45, 2.75) is 20.4 Å². The van der Waals surface area contributed by atoms with Gasteiger partial charge in [-0.05, 0) is 26.0 Å². The zero-order valence-corrected chi connectivity index (χ0v) is 11.7.